The van der Waals surface area contributed by atoms with Gasteiger partial charge >= 0.3 is 0 Å². The highest BCUT2D eigenvalue weighted by Gasteiger charge is 2.31. The second kappa shape index (κ2) is 5.83. The van der Waals surface area contributed by atoms with Crippen LogP contribution in [0.3, 0.4) is 0 Å². The van der Waals surface area contributed by atoms with E-state index in [1.807, 2.05) is 4.90 Å². The standard InChI is InChI=1S/C13H25N3O/c1-11(17)15-7-2-3-12(9-15)10-16(8-6-14)13-4-5-13/h12-13H,2-10,14H2,1H3/t12-/m1/s1. The molecule has 2 rings (SSSR count). The van der Waals surface area contributed by atoms with Crippen molar-refractivity contribution in [2.75, 3.05) is 32.7 Å². The molecular formula is C13H25N3O. The van der Waals surface area contributed by atoms with Crippen LogP contribution in [-0.2, 0) is 4.79 Å². The fraction of sp³-hybridized carbons (Fsp3) is 0.923. The smallest absolute Gasteiger partial charge is 0.219 e. The molecule has 0 unspecified atom stereocenters. The number of amides is 1. The number of nitrogens with zero attached hydrogens (tertiary/aromatic N) is 2. The maximum Gasteiger partial charge on any atom is 0.219 e. The molecule has 2 fully saturated rings. The summed E-state index contributed by atoms with van der Waals surface area (Å²) in [4.78, 5) is 15.9. The summed E-state index contributed by atoms with van der Waals surface area (Å²) in [5.41, 5.74) is 5.67. The quantitative estimate of drug-likeness (QED) is 0.767. The van der Waals surface area contributed by atoms with Gasteiger partial charge in [-0.05, 0) is 31.6 Å². The summed E-state index contributed by atoms with van der Waals surface area (Å²) in [7, 11) is 0. The number of nitrogens with two attached hydrogens (primary N) is 1. The normalized spacial score (nSPS) is 25.4. The van der Waals surface area contributed by atoms with Gasteiger partial charge in [-0.3, -0.25) is 9.69 Å². The third-order valence-electron chi connectivity index (χ3n) is 3.94. The Balaban J connectivity index is 1.82. The zero-order valence-electron chi connectivity index (χ0n) is 10.9. The van der Waals surface area contributed by atoms with Crippen LogP contribution < -0.4 is 5.73 Å². The summed E-state index contributed by atoms with van der Waals surface area (Å²) < 4.78 is 0. The molecule has 1 amide bonds. The minimum Gasteiger partial charge on any atom is -0.343 e. The van der Waals surface area contributed by atoms with Gasteiger partial charge < -0.3 is 10.6 Å². The minimum absolute atomic E-state index is 0.228. The first kappa shape index (κ1) is 12.8. The Kier molecular flexibility index (Phi) is 4.40. The molecular weight excluding hydrogens is 214 g/mol. The second-order valence-corrected chi connectivity index (χ2v) is 5.49. The van der Waals surface area contributed by atoms with Crippen LogP contribution >= 0.6 is 0 Å². The fourth-order valence-electron chi connectivity index (χ4n) is 2.86. The molecule has 0 aromatic rings. The Morgan fingerprint density at radius 3 is 2.76 bits per heavy atom. The van der Waals surface area contributed by atoms with E-state index in [4.69, 9.17) is 5.73 Å². The lowest BCUT2D eigenvalue weighted by molar-refractivity contribution is -0.130. The molecule has 1 aliphatic heterocycles. The van der Waals surface area contributed by atoms with E-state index in [1.165, 1.54) is 19.3 Å². The molecule has 4 heteroatoms. The van der Waals surface area contributed by atoms with Crippen molar-refractivity contribution in [3.05, 3.63) is 0 Å². The summed E-state index contributed by atoms with van der Waals surface area (Å²) in [5, 5.41) is 0. The van der Waals surface area contributed by atoms with Crippen molar-refractivity contribution in [1.82, 2.24) is 9.80 Å². The predicted octanol–water partition coefficient (Wildman–Crippen LogP) is 0.668. The van der Waals surface area contributed by atoms with Gasteiger partial charge in [0.2, 0.25) is 5.91 Å². The molecule has 4 nitrogen and oxygen atoms in total. The summed E-state index contributed by atoms with van der Waals surface area (Å²) in [6, 6.07) is 0.784. The van der Waals surface area contributed by atoms with Crippen molar-refractivity contribution in [1.29, 1.82) is 0 Å². The van der Waals surface area contributed by atoms with E-state index in [0.29, 0.717) is 5.92 Å². The van der Waals surface area contributed by atoms with Crippen LogP contribution in [0.4, 0.5) is 0 Å². The Morgan fingerprint density at radius 2 is 2.18 bits per heavy atom. The van der Waals surface area contributed by atoms with Crippen LogP contribution in [0, 0.1) is 5.92 Å². The van der Waals surface area contributed by atoms with Crippen molar-refractivity contribution in [2.45, 2.75) is 38.6 Å². The lowest BCUT2D eigenvalue weighted by atomic mass is 9.97. The molecule has 1 saturated heterocycles. The van der Waals surface area contributed by atoms with Crippen molar-refractivity contribution in [3.63, 3.8) is 0 Å². The molecule has 0 bridgehead atoms. The molecule has 0 aromatic carbocycles. The van der Waals surface area contributed by atoms with Gasteiger partial charge in [-0.1, -0.05) is 0 Å². The molecule has 0 spiro atoms. The van der Waals surface area contributed by atoms with E-state index in [-0.39, 0.29) is 5.91 Å². The van der Waals surface area contributed by atoms with Gasteiger partial charge in [-0.2, -0.15) is 0 Å². The average molecular weight is 239 g/mol. The molecule has 17 heavy (non-hydrogen) atoms. The number of hydrogen-bond acceptors (Lipinski definition) is 3. The molecule has 98 valence electrons. The zero-order valence-corrected chi connectivity index (χ0v) is 10.9. The maximum absolute atomic E-state index is 11.4. The minimum atomic E-state index is 0.228. The van der Waals surface area contributed by atoms with Crippen molar-refractivity contribution in [2.24, 2.45) is 11.7 Å². The zero-order chi connectivity index (χ0) is 12.3. The SMILES string of the molecule is CC(=O)N1CCC[C@@H](CN(CCN)C2CC2)C1. The Bertz CT molecular complexity index is 265. The Labute approximate surface area is 104 Å². The third kappa shape index (κ3) is 3.68. The van der Waals surface area contributed by atoms with E-state index in [2.05, 4.69) is 4.90 Å². The topological polar surface area (TPSA) is 49.6 Å². The van der Waals surface area contributed by atoms with E-state index in [0.717, 1.165) is 45.2 Å². The van der Waals surface area contributed by atoms with Crippen LogP contribution in [-0.4, -0.2) is 54.5 Å². The summed E-state index contributed by atoms with van der Waals surface area (Å²) >= 11 is 0. The number of rotatable bonds is 5. The number of likely N-dealkylation sites (tertiary alicyclic amines) is 1. The van der Waals surface area contributed by atoms with Gasteiger partial charge in [0.25, 0.3) is 0 Å². The van der Waals surface area contributed by atoms with Gasteiger partial charge in [-0.25, -0.2) is 0 Å². The van der Waals surface area contributed by atoms with E-state index < -0.39 is 0 Å². The molecule has 0 aromatic heterocycles. The largest absolute Gasteiger partial charge is 0.343 e. The molecule has 1 heterocycles. The maximum atomic E-state index is 11.4. The molecule has 1 aliphatic carbocycles. The Morgan fingerprint density at radius 1 is 1.41 bits per heavy atom. The number of carbonyl (C=O) groups is 1. The monoisotopic (exact) mass is 239 g/mol. The second-order valence-electron chi connectivity index (χ2n) is 5.49. The third-order valence-corrected chi connectivity index (χ3v) is 3.94. The molecule has 1 saturated carbocycles. The van der Waals surface area contributed by atoms with E-state index in [1.54, 1.807) is 6.92 Å². The number of piperidine rings is 1. The fourth-order valence-corrected chi connectivity index (χ4v) is 2.86. The average Bonchev–Trinajstić information content (AvgIpc) is 3.13. The van der Waals surface area contributed by atoms with Gasteiger partial charge in [0.15, 0.2) is 0 Å². The van der Waals surface area contributed by atoms with Gasteiger partial charge in [0, 0.05) is 45.7 Å². The van der Waals surface area contributed by atoms with Gasteiger partial charge in [0.1, 0.15) is 0 Å². The predicted molar refractivity (Wildman–Crippen MR) is 68.6 cm³/mol. The lowest BCUT2D eigenvalue weighted by Gasteiger charge is -2.35. The first-order valence-electron chi connectivity index (χ1n) is 6.90. The highest BCUT2D eigenvalue weighted by atomic mass is 16.2. The van der Waals surface area contributed by atoms with Crippen molar-refractivity contribution in [3.8, 4) is 0 Å². The Hall–Kier alpha value is -0.610. The number of carbonyl (C=O) groups excluding carboxylic acids is 1. The molecule has 2 aliphatic rings. The van der Waals surface area contributed by atoms with Crippen LogP contribution in [0.15, 0.2) is 0 Å². The molecule has 2 N–H and O–H groups in total. The van der Waals surface area contributed by atoms with Gasteiger partial charge in [-0.15, -0.1) is 0 Å². The van der Waals surface area contributed by atoms with Crippen LogP contribution in [0.25, 0.3) is 0 Å². The van der Waals surface area contributed by atoms with Gasteiger partial charge in [0.05, 0.1) is 0 Å². The van der Waals surface area contributed by atoms with Crippen molar-refractivity contribution < 1.29 is 4.79 Å². The summed E-state index contributed by atoms with van der Waals surface area (Å²) in [6.07, 6.45) is 5.09. The lowest BCUT2D eigenvalue weighted by Crippen LogP contribution is -2.44. The number of hydrogen-bond donors (Lipinski definition) is 1. The highest BCUT2D eigenvalue weighted by Crippen LogP contribution is 2.28. The molecule has 0 radical (unpaired) electrons. The summed E-state index contributed by atoms with van der Waals surface area (Å²) in [6.45, 7) is 6.47. The first-order chi connectivity index (χ1) is 8.20. The van der Waals surface area contributed by atoms with Crippen LogP contribution in [0.1, 0.15) is 32.6 Å². The van der Waals surface area contributed by atoms with Crippen LogP contribution in [0.2, 0.25) is 0 Å². The summed E-state index contributed by atoms with van der Waals surface area (Å²) in [5.74, 6) is 0.881. The molecule has 1 atom stereocenters. The van der Waals surface area contributed by atoms with Crippen molar-refractivity contribution >= 4 is 5.91 Å². The first-order valence-corrected chi connectivity index (χ1v) is 6.90. The van der Waals surface area contributed by atoms with E-state index >= 15 is 0 Å². The highest BCUT2D eigenvalue weighted by molar-refractivity contribution is 5.73. The van der Waals surface area contributed by atoms with E-state index in [9.17, 15) is 4.79 Å². The van der Waals surface area contributed by atoms with Crippen LogP contribution in [0.5, 0.6) is 0 Å².